The highest BCUT2D eigenvalue weighted by Crippen LogP contribution is 2.03. The summed E-state index contributed by atoms with van der Waals surface area (Å²) in [5.41, 5.74) is 0.300. The van der Waals surface area contributed by atoms with E-state index in [-0.39, 0.29) is 24.5 Å². The van der Waals surface area contributed by atoms with Gasteiger partial charge in [0.15, 0.2) is 5.69 Å². The van der Waals surface area contributed by atoms with Crippen molar-refractivity contribution in [1.29, 1.82) is 0 Å². The van der Waals surface area contributed by atoms with Gasteiger partial charge in [-0.2, -0.15) is 0 Å². The van der Waals surface area contributed by atoms with Crippen molar-refractivity contribution in [3.63, 3.8) is 0 Å². The standard InChI is InChI=1S/C8H13N3O2S/c1-5(2)6(3-12)9-8(13)7-4-14-11-10-7/h4-6,12H,3H2,1-2H3,(H,9,13). The number of nitrogens with one attached hydrogen (secondary N) is 1. The lowest BCUT2D eigenvalue weighted by Gasteiger charge is -2.18. The van der Waals surface area contributed by atoms with Gasteiger partial charge in [-0.25, -0.2) is 0 Å². The molecule has 0 saturated heterocycles. The lowest BCUT2D eigenvalue weighted by Crippen LogP contribution is -2.41. The second kappa shape index (κ2) is 5.02. The van der Waals surface area contributed by atoms with Crippen LogP contribution < -0.4 is 5.32 Å². The molecular weight excluding hydrogens is 202 g/mol. The fourth-order valence-electron chi connectivity index (χ4n) is 0.929. The second-order valence-corrected chi connectivity index (χ2v) is 3.91. The van der Waals surface area contributed by atoms with Crippen molar-refractivity contribution in [2.45, 2.75) is 19.9 Å². The van der Waals surface area contributed by atoms with E-state index in [0.29, 0.717) is 5.69 Å². The first-order chi connectivity index (χ1) is 6.65. The van der Waals surface area contributed by atoms with E-state index in [0.717, 1.165) is 11.5 Å². The Hall–Kier alpha value is -1.01. The molecule has 2 N–H and O–H groups in total. The second-order valence-electron chi connectivity index (χ2n) is 3.30. The van der Waals surface area contributed by atoms with E-state index >= 15 is 0 Å². The fourth-order valence-corrected chi connectivity index (χ4v) is 1.37. The molecule has 1 heterocycles. The van der Waals surface area contributed by atoms with Crippen LogP contribution in [0.3, 0.4) is 0 Å². The maximum Gasteiger partial charge on any atom is 0.273 e. The number of amides is 1. The normalized spacial score (nSPS) is 12.9. The van der Waals surface area contributed by atoms with Gasteiger partial charge in [0.05, 0.1) is 12.6 Å². The molecule has 1 rings (SSSR count). The summed E-state index contributed by atoms with van der Waals surface area (Å²) in [4.78, 5) is 11.5. The third kappa shape index (κ3) is 2.74. The summed E-state index contributed by atoms with van der Waals surface area (Å²) < 4.78 is 3.59. The number of rotatable bonds is 4. The maximum atomic E-state index is 11.5. The number of carbonyl (C=O) groups is 1. The molecule has 1 atom stereocenters. The third-order valence-electron chi connectivity index (χ3n) is 1.91. The largest absolute Gasteiger partial charge is 0.394 e. The molecule has 14 heavy (non-hydrogen) atoms. The van der Waals surface area contributed by atoms with Crippen molar-refractivity contribution in [2.24, 2.45) is 5.92 Å². The van der Waals surface area contributed by atoms with Crippen molar-refractivity contribution < 1.29 is 9.90 Å². The van der Waals surface area contributed by atoms with E-state index < -0.39 is 0 Å². The Bertz CT molecular complexity index is 287. The minimum Gasteiger partial charge on any atom is -0.394 e. The first kappa shape index (κ1) is 11.1. The van der Waals surface area contributed by atoms with Crippen LogP contribution in [0.25, 0.3) is 0 Å². The van der Waals surface area contributed by atoms with Crippen LogP contribution in [0, 0.1) is 5.92 Å². The molecule has 0 spiro atoms. The molecule has 0 aliphatic heterocycles. The molecule has 0 radical (unpaired) electrons. The summed E-state index contributed by atoms with van der Waals surface area (Å²) in [5, 5.41) is 16.9. The van der Waals surface area contributed by atoms with Gasteiger partial charge in [0.25, 0.3) is 5.91 Å². The van der Waals surface area contributed by atoms with Gasteiger partial charge in [-0.1, -0.05) is 18.3 Å². The lowest BCUT2D eigenvalue weighted by atomic mass is 10.1. The van der Waals surface area contributed by atoms with Crippen molar-refractivity contribution in [3.8, 4) is 0 Å². The van der Waals surface area contributed by atoms with E-state index in [1.165, 1.54) is 0 Å². The molecule has 0 aromatic carbocycles. The Kier molecular flexibility index (Phi) is 3.97. The summed E-state index contributed by atoms with van der Waals surface area (Å²) in [7, 11) is 0. The van der Waals surface area contributed by atoms with E-state index in [1.807, 2.05) is 13.8 Å². The molecule has 78 valence electrons. The monoisotopic (exact) mass is 215 g/mol. The van der Waals surface area contributed by atoms with Gasteiger partial charge >= 0.3 is 0 Å². The molecular formula is C8H13N3O2S. The number of aliphatic hydroxyl groups excluding tert-OH is 1. The molecule has 1 amide bonds. The van der Waals surface area contributed by atoms with Gasteiger partial charge < -0.3 is 10.4 Å². The summed E-state index contributed by atoms with van der Waals surface area (Å²) in [6.45, 7) is 3.79. The molecule has 5 nitrogen and oxygen atoms in total. The van der Waals surface area contributed by atoms with Crippen molar-refractivity contribution in [1.82, 2.24) is 14.9 Å². The van der Waals surface area contributed by atoms with Crippen molar-refractivity contribution in [3.05, 3.63) is 11.1 Å². The van der Waals surface area contributed by atoms with E-state index in [1.54, 1.807) is 5.38 Å². The van der Waals surface area contributed by atoms with E-state index in [4.69, 9.17) is 5.11 Å². The molecule has 0 aliphatic carbocycles. The minimum absolute atomic E-state index is 0.0685. The highest BCUT2D eigenvalue weighted by Gasteiger charge is 2.17. The van der Waals surface area contributed by atoms with Crippen LogP contribution in [-0.2, 0) is 0 Å². The van der Waals surface area contributed by atoms with Crippen LogP contribution in [0.4, 0.5) is 0 Å². The Balaban J connectivity index is 2.56. The molecule has 0 bridgehead atoms. The SMILES string of the molecule is CC(C)C(CO)NC(=O)c1csnn1. The topological polar surface area (TPSA) is 75.1 Å². The van der Waals surface area contributed by atoms with Crippen molar-refractivity contribution in [2.75, 3.05) is 6.61 Å². The van der Waals surface area contributed by atoms with E-state index in [9.17, 15) is 4.79 Å². The molecule has 6 heteroatoms. The lowest BCUT2D eigenvalue weighted by molar-refractivity contribution is 0.0892. The van der Waals surface area contributed by atoms with Crippen LogP contribution in [-0.4, -0.2) is 33.2 Å². The zero-order valence-corrected chi connectivity index (χ0v) is 8.91. The summed E-state index contributed by atoms with van der Waals surface area (Å²) >= 11 is 1.13. The summed E-state index contributed by atoms with van der Waals surface area (Å²) in [5.74, 6) is -0.0953. The first-order valence-corrected chi connectivity index (χ1v) is 5.17. The number of hydrogen-bond acceptors (Lipinski definition) is 5. The van der Waals surface area contributed by atoms with Gasteiger partial charge in [0, 0.05) is 5.38 Å². The van der Waals surface area contributed by atoms with Gasteiger partial charge in [-0.05, 0) is 17.5 Å². The number of hydrogen-bond donors (Lipinski definition) is 2. The van der Waals surface area contributed by atoms with Gasteiger partial charge in [0.2, 0.25) is 0 Å². The van der Waals surface area contributed by atoms with Crippen LogP contribution >= 0.6 is 11.5 Å². The molecule has 0 aliphatic rings. The smallest absolute Gasteiger partial charge is 0.273 e. The molecule has 0 saturated carbocycles. The van der Waals surface area contributed by atoms with Gasteiger partial charge in [-0.3, -0.25) is 4.79 Å². The Morgan fingerprint density at radius 2 is 2.43 bits per heavy atom. The highest BCUT2D eigenvalue weighted by atomic mass is 32.1. The molecule has 0 fully saturated rings. The highest BCUT2D eigenvalue weighted by molar-refractivity contribution is 7.03. The predicted molar refractivity (Wildman–Crippen MR) is 53.1 cm³/mol. The van der Waals surface area contributed by atoms with Crippen LogP contribution in [0.1, 0.15) is 24.3 Å². The molecule has 1 aromatic rings. The number of aromatic nitrogens is 2. The average molecular weight is 215 g/mol. The van der Waals surface area contributed by atoms with Crippen molar-refractivity contribution >= 4 is 17.4 Å². The minimum atomic E-state index is -0.286. The van der Waals surface area contributed by atoms with E-state index in [2.05, 4.69) is 14.9 Å². The summed E-state index contributed by atoms with van der Waals surface area (Å²) in [6, 6.07) is -0.232. The first-order valence-electron chi connectivity index (χ1n) is 4.34. The van der Waals surface area contributed by atoms with Crippen LogP contribution in [0.5, 0.6) is 0 Å². The average Bonchev–Trinajstić information content (AvgIpc) is 2.65. The molecule has 1 aromatic heterocycles. The molecule has 1 unspecified atom stereocenters. The quantitative estimate of drug-likeness (QED) is 0.756. The predicted octanol–water partition coefficient (Wildman–Crippen LogP) is 0.285. The third-order valence-corrected chi connectivity index (χ3v) is 2.42. The number of aliphatic hydroxyl groups is 1. The number of nitrogens with zero attached hydrogens (tertiary/aromatic N) is 2. The Morgan fingerprint density at radius 3 is 2.86 bits per heavy atom. The zero-order chi connectivity index (χ0) is 10.6. The van der Waals surface area contributed by atoms with Crippen LogP contribution in [0.2, 0.25) is 0 Å². The van der Waals surface area contributed by atoms with Gasteiger partial charge in [-0.15, -0.1) is 5.10 Å². The Labute approximate surface area is 86.3 Å². The summed E-state index contributed by atoms with van der Waals surface area (Å²) in [6.07, 6.45) is 0. The van der Waals surface area contributed by atoms with Gasteiger partial charge in [0.1, 0.15) is 0 Å². The number of carbonyl (C=O) groups excluding carboxylic acids is 1. The fraction of sp³-hybridized carbons (Fsp3) is 0.625. The Morgan fingerprint density at radius 1 is 1.71 bits per heavy atom. The van der Waals surface area contributed by atoms with Crippen LogP contribution in [0.15, 0.2) is 5.38 Å². The zero-order valence-electron chi connectivity index (χ0n) is 8.10. The maximum absolute atomic E-state index is 11.5.